The molecule has 0 fully saturated rings. The van der Waals surface area contributed by atoms with Gasteiger partial charge in [0.1, 0.15) is 11.3 Å². The molecule has 1 N–H and O–H groups in total. The van der Waals surface area contributed by atoms with Gasteiger partial charge in [-0.1, -0.05) is 36.4 Å². The first-order valence-electron chi connectivity index (χ1n) is 9.84. The van der Waals surface area contributed by atoms with Crippen LogP contribution in [0.15, 0.2) is 82.0 Å². The summed E-state index contributed by atoms with van der Waals surface area (Å²) in [5, 5.41) is 3.38. The number of hydrogen-bond acceptors (Lipinski definition) is 5. The van der Waals surface area contributed by atoms with Crippen molar-refractivity contribution in [2.45, 2.75) is 6.92 Å². The third-order valence-corrected chi connectivity index (χ3v) is 4.81. The molecule has 0 saturated carbocycles. The molecular formula is C25H21NO5. The van der Waals surface area contributed by atoms with Gasteiger partial charge in [0.2, 0.25) is 0 Å². The first-order valence-corrected chi connectivity index (χ1v) is 9.84. The van der Waals surface area contributed by atoms with Crippen LogP contribution in [0.5, 0.6) is 11.5 Å². The van der Waals surface area contributed by atoms with Crippen LogP contribution in [-0.2, 0) is 0 Å². The molecular weight excluding hydrogens is 394 g/mol. The Morgan fingerprint density at radius 1 is 0.968 bits per heavy atom. The maximum absolute atomic E-state index is 12.8. The molecule has 0 aliphatic heterocycles. The Bertz CT molecular complexity index is 1290. The van der Waals surface area contributed by atoms with E-state index in [0.717, 1.165) is 16.9 Å². The molecule has 1 aromatic heterocycles. The quantitative estimate of drug-likeness (QED) is 0.442. The summed E-state index contributed by atoms with van der Waals surface area (Å²) in [5.74, 6) is 0.697. The molecule has 31 heavy (non-hydrogen) atoms. The highest BCUT2D eigenvalue weighted by Crippen LogP contribution is 2.26. The molecule has 0 bridgehead atoms. The zero-order valence-electron chi connectivity index (χ0n) is 17.2. The Labute approximate surface area is 179 Å². The highest BCUT2D eigenvalue weighted by Gasteiger charge is 2.16. The van der Waals surface area contributed by atoms with Crippen LogP contribution in [0.4, 0.5) is 5.69 Å². The van der Waals surface area contributed by atoms with Crippen LogP contribution < -0.4 is 20.4 Å². The van der Waals surface area contributed by atoms with E-state index in [1.807, 2.05) is 49.4 Å². The van der Waals surface area contributed by atoms with Crippen molar-refractivity contribution in [1.29, 1.82) is 0 Å². The molecule has 0 aliphatic rings. The normalized spacial score (nSPS) is 10.6. The van der Waals surface area contributed by atoms with Crippen molar-refractivity contribution in [2.75, 3.05) is 19.0 Å². The number of fused-ring (bicyclic) bond motifs is 1. The summed E-state index contributed by atoms with van der Waals surface area (Å²) in [7, 11) is 1.49. The van der Waals surface area contributed by atoms with Gasteiger partial charge < -0.3 is 19.2 Å². The summed E-state index contributed by atoms with van der Waals surface area (Å²) in [6, 6.07) is 21.8. The van der Waals surface area contributed by atoms with Crippen molar-refractivity contribution >= 4 is 22.6 Å². The molecule has 4 rings (SSSR count). The molecule has 1 amide bonds. The number of amides is 1. The Balaban J connectivity index is 1.60. The molecule has 0 saturated heterocycles. The minimum atomic E-state index is -0.725. The summed E-state index contributed by atoms with van der Waals surface area (Å²) < 4.78 is 16.0. The molecule has 0 atom stereocenters. The van der Waals surface area contributed by atoms with Gasteiger partial charge in [-0.3, -0.25) is 4.79 Å². The van der Waals surface area contributed by atoms with E-state index >= 15 is 0 Å². The minimum absolute atomic E-state index is 0.0766. The monoisotopic (exact) mass is 415 g/mol. The lowest BCUT2D eigenvalue weighted by Gasteiger charge is -2.09. The first kappa shape index (κ1) is 20.2. The van der Waals surface area contributed by atoms with Gasteiger partial charge in [-0.2, -0.15) is 0 Å². The highest BCUT2D eigenvalue weighted by molar-refractivity contribution is 6.05. The second-order valence-electron chi connectivity index (χ2n) is 6.82. The molecule has 0 unspecified atom stereocenters. The zero-order chi connectivity index (χ0) is 21.8. The molecule has 6 nitrogen and oxygen atoms in total. The number of benzene rings is 3. The van der Waals surface area contributed by atoms with Crippen molar-refractivity contribution in [3.8, 4) is 22.6 Å². The summed E-state index contributed by atoms with van der Waals surface area (Å²) in [4.78, 5) is 25.2. The molecule has 1 heterocycles. The zero-order valence-corrected chi connectivity index (χ0v) is 17.2. The molecule has 6 heteroatoms. The van der Waals surface area contributed by atoms with Gasteiger partial charge >= 0.3 is 5.63 Å². The number of nitrogens with one attached hydrogen (secondary N) is 1. The van der Waals surface area contributed by atoms with Crippen molar-refractivity contribution in [2.24, 2.45) is 0 Å². The van der Waals surface area contributed by atoms with Gasteiger partial charge in [0.25, 0.3) is 5.91 Å². The molecule has 0 aliphatic carbocycles. The van der Waals surface area contributed by atoms with E-state index in [-0.39, 0.29) is 5.56 Å². The fraction of sp³-hybridized carbons (Fsp3) is 0.120. The van der Waals surface area contributed by atoms with Crippen molar-refractivity contribution in [3.63, 3.8) is 0 Å². The van der Waals surface area contributed by atoms with Crippen molar-refractivity contribution in [3.05, 3.63) is 88.8 Å². The Hall–Kier alpha value is -4.06. The van der Waals surface area contributed by atoms with E-state index in [0.29, 0.717) is 29.0 Å². The lowest BCUT2D eigenvalue weighted by Crippen LogP contribution is -2.20. The fourth-order valence-corrected chi connectivity index (χ4v) is 3.32. The molecule has 0 radical (unpaired) electrons. The number of methoxy groups -OCH3 is 1. The number of carbonyl (C=O) groups is 1. The van der Waals surface area contributed by atoms with Crippen molar-refractivity contribution in [1.82, 2.24) is 0 Å². The van der Waals surface area contributed by atoms with Gasteiger partial charge in [0.15, 0.2) is 11.3 Å². The number of rotatable bonds is 6. The lowest BCUT2D eigenvalue weighted by molar-refractivity contribution is 0.102. The third kappa shape index (κ3) is 4.28. The molecule has 156 valence electrons. The van der Waals surface area contributed by atoms with Crippen LogP contribution in [0, 0.1) is 0 Å². The van der Waals surface area contributed by atoms with Crippen LogP contribution in [0.2, 0.25) is 0 Å². The summed E-state index contributed by atoms with van der Waals surface area (Å²) >= 11 is 0. The summed E-state index contributed by atoms with van der Waals surface area (Å²) in [6.45, 7) is 2.54. The van der Waals surface area contributed by atoms with Crippen LogP contribution in [0.3, 0.4) is 0 Å². The predicted molar refractivity (Wildman–Crippen MR) is 120 cm³/mol. The summed E-state index contributed by atoms with van der Waals surface area (Å²) in [5.41, 5.74) is 1.99. The van der Waals surface area contributed by atoms with Gasteiger partial charge in [0, 0.05) is 11.1 Å². The van der Waals surface area contributed by atoms with Gasteiger partial charge in [-0.15, -0.1) is 0 Å². The maximum atomic E-state index is 12.8. The second-order valence-corrected chi connectivity index (χ2v) is 6.82. The molecule has 0 spiro atoms. The van der Waals surface area contributed by atoms with E-state index < -0.39 is 11.5 Å². The van der Waals surface area contributed by atoms with Crippen LogP contribution in [-0.4, -0.2) is 19.6 Å². The number of anilines is 1. The molecule has 3 aromatic carbocycles. The Morgan fingerprint density at radius 2 is 1.74 bits per heavy atom. The number of ether oxygens (including phenoxy) is 2. The largest absolute Gasteiger partial charge is 0.494 e. The minimum Gasteiger partial charge on any atom is -0.494 e. The van der Waals surface area contributed by atoms with Crippen LogP contribution in [0.25, 0.3) is 22.1 Å². The van der Waals surface area contributed by atoms with E-state index in [4.69, 9.17) is 13.9 Å². The maximum Gasteiger partial charge on any atom is 0.349 e. The third-order valence-electron chi connectivity index (χ3n) is 4.81. The van der Waals surface area contributed by atoms with E-state index in [1.165, 1.54) is 13.2 Å². The van der Waals surface area contributed by atoms with Gasteiger partial charge in [-0.05, 0) is 54.4 Å². The van der Waals surface area contributed by atoms with E-state index in [1.54, 1.807) is 24.3 Å². The topological polar surface area (TPSA) is 77.8 Å². The van der Waals surface area contributed by atoms with E-state index in [9.17, 15) is 9.59 Å². The smallest absolute Gasteiger partial charge is 0.349 e. The van der Waals surface area contributed by atoms with Gasteiger partial charge in [0.05, 0.1) is 13.7 Å². The Morgan fingerprint density at radius 3 is 2.48 bits per heavy atom. The summed E-state index contributed by atoms with van der Waals surface area (Å²) in [6.07, 6.45) is 0. The number of carbonyl (C=O) groups excluding carboxylic acids is 1. The lowest BCUT2D eigenvalue weighted by atomic mass is 10.0. The average molecular weight is 415 g/mol. The first-order chi connectivity index (χ1) is 15.1. The second kappa shape index (κ2) is 8.75. The SMILES string of the molecule is CCOc1ccc(-c2cccc(NC(=O)c3cc4cccc(OC)c4oc3=O)c2)cc1. The standard InChI is InChI=1S/C25H21NO5/c1-3-30-20-12-10-16(11-13-20)17-6-4-8-19(14-17)26-24(27)21-15-18-7-5-9-22(29-2)23(18)31-25(21)28/h4-15H,3H2,1-2H3,(H,26,27). The van der Waals surface area contributed by atoms with E-state index in [2.05, 4.69) is 5.32 Å². The highest BCUT2D eigenvalue weighted by atomic mass is 16.5. The Kier molecular flexibility index (Phi) is 5.71. The van der Waals surface area contributed by atoms with Crippen molar-refractivity contribution < 1.29 is 18.7 Å². The number of hydrogen-bond donors (Lipinski definition) is 1. The van der Waals surface area contributed by atoms with Gasteiger partial charge in [-0.25, -0.2) is 4.79 Å². The fourth-order valence-electron chi connectivity index (χ4n) is 3.32. The molecule has 4 aromatic rings. The van der Waals surface area contributed by atoms with Crippen LogP contribution in [0.1, 0.15) is 17.3 Å². The average Bonchev–Trinajstić information content (AvgIpc) is 2.79. The number of para-hydroxylation sites is 1. The predicted octanol–water partition coefficient (Wildman–Crippen LogP) is 5.12. The van der Waals surface area contributed by atoms with Crippen LogP contribution >= 0.6 is 0 Å².